The molecule has 17 N–H and O–H groups in total. The topological polar surface area (TPSA) is 461 Å². The first-order valence-corrected chi connectivity index (χ1v) is 22.0. The van der Waals surface area contributed by atoms with Gasteiger partial charge in [-0.2, -0.15) is 0 Å². The van der Waals surface area contributed by atoms with Gasteiger partial charge >= 0.3 is 5.97 Å². The summed E-state index contributed by atoms with van der Waals surface area (Å²) in [6, 6.07) is -4.54. The van der Waals surface area contributed by atoms with Crippen molar-refractivity contribution in [1.29, 1.82) is 0 Å². The minimum absolute atomic E-state index is 0.0887. The van der Waals surface area contributed by atoms with Gasteiger partial charge in [0.15, 0.2) is 18.9 Å². The molecular formula is C40H67N3O26. The Morgan fingerprint density at radius 1 is 0.739 bits per heavy atom. The summed E-state index contributed by atoms with van der Waals surface area (Å²) in [4.78, 5) is 50.1. The lowest BCUT2D eigenvalue weighted by Gasteiger charge is -2.52. The number of carbonyl (C=O) groups is 4. The van der Waals surface area contributed by atoms with E-state index in [0.29, 0.717) is 6.42 Å². The second-order valence-electron chi connectivity index (χ2n) is 17.0. The zero-order chi connectivity index (χ0) is 51.7. The smallest absolute Gasteiger partial charge is 0.364 e. The fourth-order valence-electron chi connectivity index (χ4n) is 8.27. The molecule has 4 rings (SSSR count). The second kappa shape index (κ2) is 25.9. The Labute approximate surface area is 394 Å². The molecule has 0 aliphatic carbocycles. The van der Waals surface area contributed by atoms with Crippen LogP contribution >= 0.6 is 0 Å². The molecule has 4 heterocycles. The number of nitrogens with one attached hydrogen (secondary N) is 3. The van der Waals surface area contributed by atoms with Crippen LogP contribution in [0.3, 0.4) is 0 Å². The van der Waals surface area contributed by atoms with Crippen molar-refractivity contribution in [2.45, 2.75) is 180 Å². The third-order valence-corrected chi connectivity index (χ3v) is 11.9. The molecule has 0 radical (unpaired) electrons. The molecule has 4 saturated heterocycles. The summed E-state index contributed by atoms with van der Waals surface area (Å²) in [5.74, 6) is -7.49. The second-order valence-corrected chi connectivity index (χ2v) is 17.0. The Bertz CT molecular complexity index is 1690. The van der Waals surface area contributed by atoms with E-state index < -0.39 is 204 Å². The highest BCUT2D eigenvalue weighted by Gasteiger charge is 2.61. The third kappa shape index (κ3) is 13.8. The molecule has 29 heteroatoms. The molecule has 0 aromatic rings. The number of carbonyl (C=O) groups excluding carboxylic acids is 3. The fraction of sp³-hybridized carbons (Fsp3) is 0.850. The van der Waals surface area contributed by atoms with E-state index in [-0.39, 0.29) is 6.42 Å². The molecule has 0 aromatic heterocycles. The van der Waals surface area contributed by atoms with Crippen LogP contribution in [0.1, 0.15) is 40.0 Å². The van der Waals surface area contributed by atoms with E-state index in [1.54, 1.807) is 6.92 Å². The number of aliphatic hydroxyl groups is 13. The van der Waals surface area contributed by atoms with E-state index in [1.165, 1.54) is 0 Å². The molecule has 4 aliphatic heterocycles. The van der Waals surface area contributed by atoms with E-state index in [1.807, 2.05) is 0 Å². The molecule has 4 aliphatic rings. The van der Waals surface area contributed by atoms with E-state index >= 15 is 0 Å². The number of hydrogen-bond acceptors (Lipinski definition) is 25. The Hall–Kier alpha value is -3.22. The molecular weight excluding hydrogens is 938 g/mol. The van der Waals surface area contributed by atoms with E-state index in [0.717, 1.165) is 19.9 Å². The van der Waals surface area contributed by atoms with Gasteiger partial charge in [-0.3, -0.25) is 14.4 Å². The molecule has 69 heavy (non-hydrogen) atoms. The molecule has 0 bridgehead atoms. The number of rotatable bonds is 23. The molecule has 0 spiro atoms. The fourth-order valence-corrected chi connectivity index (χ4v) is 8.27. The Kier molecular flexibility index (Phi) is 21.9. The van der Waals surface area contributed by atoms with Gasteiger partial charge < -0.3 is 125 Å². The molecule has 29 nitrogen and oxygen atoms in total. The lowest BCUT2D eigenvalue weighted by atomic mass is 9.88. The van der Waals surface area contributed by atoms with Gasteiger partial charge in [0, 0.05) is 26.7 Å². The van der Waals surface area contributed by atoms with Crippen LogP contribution in [0, 0.1) is 0 Å². The predicted molar refractivity (Wildman–Crippen MR) is 221 cm³/mol. The maximum atomic E-state index is 13.3. The van der Waals surface area contributed by atoms with E-state index in [4.69, 9.17) is 37.9 Å². The van der Waals surface area contributed by atoms with Crippen molar-refractivity contribution in [3.8, 4) is 0 Å². The Balaban J connectivity index is 1.76. The summed E-state index contributed by atoms with van der Waals surface area (Å²) in [6.45, 7) is 2.41. The first kappa shape index (κ1) is 58.4. The summed E-state index contributed by atoms with van der Waals surface area (Å²) in [6.07, 6.45) is -37.3. The molecule has 0 saturated carbocycles. The van der Waals surface area contributed by atoms with Crippen molar-refractivity contribution in [3.05, 3.63) is 12.7 Å². The summed E-state index contributed by atoms with van der Waals surface area (Å²) in [5, 5.41) is 158. The van der Waals surface area contributed by atoms with Crippen LogP contribution in [-0.4, -0.2) is 269 Å². The lowest BCUT2D eigenvalue weighted by Crippen LogP contribution is -2.72. The van der Waals surface area contributed by atoms with Gasteiger partial charge in [-0.05, 0) is 6.42 Å². The highest BCUT2D eigenvalue weighted by molar-refractivity contribution is 5.77. The van der Waals surface area contributed by atoms with Crippen molar-refractivity contribution < 1.29 is 129 Å². The molecule has 23 atom stereocenters. The van der Waals surface area contributed by atoms with Crippen LogP contribution in [0.4, 0.5) is 0 Å². The first-order valence-electron chi connectivity index (χ1n) is 22.0. The highest BCUT2D eigenvalue weighted by atomic mass is 16.8. The van der Waals surface area contributed by atoms with Crippen LogP contribution in [0.2, 0.25) is 0 Å². The predicted octanol–water partition coefficient (Wildman–Crippen LogP) is -9.40. The number of aliphatic carboxylic acids is 1. The molecule has 3 amide bonds. The Morgan fingerprint density at radius 3 is 1.86 bits per heavy atom. The van der Waals surface area contributed by atoms with Crippen molar-refractivity contribution in [3.63, 3.8) is 0 Å². The van der Waals surface area contributed by atoms with Crippen molar-refractivity contribution in [2.24, 2.45) is 0 Å². The number of amides is 3. The van der Waals surface area contributed by atoms with Crippen LogP contribution in [-0.2, 0) is 57.1 Å². The quantitative estimate of drug-likeness (QED) is 0.0423. The number of ether oxygens (including phenoxy) is 8. The maximum absolute atomic E-state index is 13.3. The lowest BCUT2D eigenvalue weighted by molar-refractivity contribution is -0.401. The number of carboxylic acids is 1. The third-order valence-electron chi connectivity index (χ3n) is 11.9. The zero-order valence-corrected chi connectivity index (χ0v) is 37.8. The molecule has 4 fully saturated rings. The Morgan fingerprint density at radius 2 is 1.30 bits per heavy atom. The standard InChI is InChI=1S/C40H67N3O26/c1-5-7-23(53)43-16(17(50)6-2)13-62-37-30(58)29(57)32(21(11-46)64-37)66-38-31(59)35(33(22(12-47)65-38)67-36-25(42-15(4)49)28(56)27(55)20(10-45)63-36)69-40(39(60)61)8-18(51)24(41-14(3)48)34(68-40)26(54)19(52)9-44/h6,16-22,24-38,44-47,50-52,54-59H,2,5,7-13H2,1,3-4H3,(H,41,48)(H,42,49)(H,43,53)(H,60,61)/t16-,17+,18-,19+,20+,21+,22+,24+,25+,26+,27-,28+,29+,30+,31+,32+,33-,34+,35+,36-,37+,38-,40-/m0/s1. The van der Waals surface area contributed by atoms with Gasteiger partial charge in [0.25, 0.3) is 5.79 Å². The molecule has 398 valence electrons. The van der Waals surface area contributed by atoms with Crippen LogP contribution in [0.5, 0.6) is 0 Å². The van der Waals surface area contributed by atoms with Crippen LogP contribution in [0.15, 0.2) is 12.7 Å². The number of aliphatic hydroxyl groups excluding tert-OH is 13. The minimum Gasteiger partial charge on any atom is -0.477 e. The summed E-state index contributed by atoms with van der Waals surface area (Å²) < 4.78 is 46.5. The van der Waals surface area contributed by atoms with Gasteiger partial charge in [-0.1, -0.05) is 13.0 Å². The first-order chi connectivity index (χ1) is 32.5. The molecule has 0 aromatic carbocycles. The van der Waals surface area contributed by atoms with Crippen molar-refractivity contribution >= 4 is 23.7 Å². The van der Waals surface area contributed by atoms with Gasteiger partial charge in [-0.15, -0.1) is 6.58 Å². The van der Waals surface area contributed by atoms with Gasteiger partial charge in [-0.25, -0.2) is 4.79 Å². The monoisotopic (exact) mass is 1010 g/mol. The summed E-state index contributed by atoms with van der Waals surface area (Å²) >= 11 is 0. The summed E-state index contributed by atoms with van der Waals surface area (Å²) in [5.41, 5.74) is 0. The van der Waals surface area contributed by atoms with E-state index in [2.05, 4.69) is 22.5 Å². The summed E-state index contributed by atoms with van der Waals surface area (Å²) in [7, 11) is 0. The maximum Gasteiger partial charge on any atom is 0.364 e. The van der Waals surface area contributed by atoms with Crippen molar-refractivity contribution in [2.75, 3.05) is 33.0 Å². The highest BCUT2D eigenvalue weighted by Crippen LogP contribution is 2.40. The minimum atomic E-state index is -3.27. The van der Waals surface area contributed by atoms with E-state index in [9.17, 15) is 90.7 Å². The SMILES string of the molecule is C=C[C@@H](O)[C@H](CO[C@@H]1O[C@H](CO)[C@@H](O[C@@H]2O[C@H](CO)[C@H](O[C@@H]3O[C@H](CO)[C@H](O)[C@H](O)[C@H]3NC(C)=O)[C@H](O[C@]3(C(=O)O)C[C@H](O)[C@@H](NC(C)=O)[C@H]([C@H](O)[C@H](O)CO)O3)[C@H]2O)[C@H](O)[C@H]1O)NC(=O)CCC. The normalized spacial score (nSPS) is 40.1. The number of hydrogen-bond donors (Lipinski definition) is 17. The van der Waals surface area contributed by atoms with Gasteiger partial charge in [0.05, 0.1) is 57.3 Å². The average molecular weight is 1010 g/mol. The largest absolute Gasteiger partial charge is 0.477 e. The average Bonchev–Trinajstić information content (AvgIpc) is 3.30. The number of carboxylic acid groups (broad SMARTS) is 1. The van der Waals surface area contributed by atoms with Gasteiger partial charge in [0.2, 0.25) is 17.7 Å². The molecule has 0 unspecified atom stereocenters. The zero-order valence-electron chi connectivity index (χ0n) is 37.8. The van der Waals surface area contributed by atoms with Crippen molar-refractivity contribution in [1.82, 2.24) is 16.0 Å². The van der Waals surface area contributed by atoms with Crippen LogP contribution < -0.4 is 16.0 Å². The van der Waals surface area contributed by atoms with Crippen LogP contribution in [0.25, 0.3) is 0 Å². The van der Waals surface area contributed by atoms with Gasteiger partial charge in [0.1, 0.15) is 91.5 Å².